The lowest BCUT2D eigenvalue weighted by Crippen LogP contribution is -2.47. The van der Waals surface area contributed by atoms with Gasteiger partial charge in [0, 0.05) is 26.2 Å². The van der Waals surface area contributed by atoms with Crippen molar-refractivity contribution < 1.29 is 13.2 Å². The highest BCUT2D eigenvalue weighted by atomic mass is 32.2. The van der Waals surface area contributed by atoms with Crippen LogP contribution in [0.5, 0.6) is 5.75 Å². The van der Waals surface area contributed by atoms with Crippen molar-refractivity contribution in [2.45, 2.75) is 25.7 Å². The average Bonchev–Trinajstić information content (AvgIpc) is 2.43. The summed E-state index contributed by atoms with van der Waals surface area (Å²) in [5, 5.41) is 0. The van der Waals surface area contributed by atoms with E-state index in [0.717, 1.165) is 35.5 Å². The Balaban J connectivity index is 2.46. The van der Waals surface area contributed by atoms with E-state index in [2.05, 4.69) is 4.90 Å². The highest BCUT2D eigenvalue weighted by molar-refractivity contribution is 7.89. The van der Waals surface area contributed by atoms with Crippen molar-refractivity contribution in [1.29, 1.82) is 0 Å². The average molecular weight is 312 g/mol. The molecule has 118 valence electrons. The molecule has 0 bridgehead atoms. The van der Waals surface area contributed by atoms with Crippen molar-refractivity contribution in [1.82, 2.24) is 9.21 Å². The summed E-state index contributed by atoms with van der Waals surface area (Å²) in [6, 6.07) is 1.73. The molecule has 0 amide bonds. The van der Waals surface area contributed by atoms with Gasteiger partial charge < -0.3 is 9.64 Å². The van der Waals surface area contributed by atoms with Crippen LogP contribution in [0.15, 0.2) is 11.0 Å². The molecule has 0 N–H and O–H groups in total. The van der Waals surface area contributed by atoms with Crippen molar-refractivity contribution in [3.05, 3.63) is 22.8 Å². The predicted octanol–water partition coefficient (Wildman–Crippen LogP) is 1.56. The van der Waals surface area contributed by atoms with E-state index in [1.165, 1.54) is 0 Å². The van der Waals surface area contributed by atoms with Gasteiger partial charge in [-0.25, -0.2) is 8.42 Å². The van der Waals surface area contributed by atoms with Crippen molar-refractivity contribution >= 4 is 10.0 Å². The minimum Gasteiger partial charge on any atom is -0.496 e. The smallest absolute Gasteiger partial charge is 0.243 e. The standard InChI is InChI=1S/C15H24N2O3S/c1-11-10-14(12(2)13(3)15(11)20-5)21(18,19)17-8-6-16(4)7-9-17/h10H,6-9H2,1-5H3. The summed E-state index contributed by atoms with van der Waals surface area (Å²) in [6.07, 6.45) is 0. The molecule has 1 saturated heterocycles. The third kappa shape index (κ3) is 2.93. The second kappa shape index (κ2) is 5.94. The topological polar surface area (TPSA) is 49.9 Å². The fraction of sp³-hybridized carbons (Fsp3) is 0.600. The third-order valence-corrected chi connectivity index (χ3v) is 6.29. The summed E-state index contributed by atoms with van der Waals surface area (Å²) in [6.45, 7) is 8.27. The van der Waals surface area contributed by atoms with Gasteiger partial charge in [0.05, 0.1) is 12.0 Å². The number of aryl methyl sites for hydroxylation is 1. The molecule has 21 heavy (non-hydrogen) atoms. The summed E-state index contributed by atoms with van der Waals surface area (Å²) >= 11 is 0. The van der Waals surface area contributed by atoms with E-state index >= 15 is 0 Å². The largest absolute Gasteiger partial charge is 0.496 e. The Morgan fingerprint density at radius 1 is 1.05 bits per heavy atom. The van der Waals surface area contributed by atoms with Crippen molar-refractivity contribution in [2.24, 2.45) is 0 Å². The Kier molecular flexibility index (Phi) is 4.60. The van der Waals surface area contributed by atoms with Gasteiger partial charge in [-0.15, -0.1) is 0 Å². The van der Waals surface area contributed by atoms with Crippen LogP contribution in [0, 0.1) is 20.8 Å². The summed E-state index contributed by atoms with van der Waals surface area (Å²) in [5.74, 6) is 0.768. The molecule has 0 unspecified atom stereocenters. The van der Waals surface area contributed by atoms with Gasteiger partial charge in [0.1, 0.15) is 5.75 Å². The van der Waals surface area contributed by atoms with E-state index in [1.54, 1.807) is 17.5 Å². The van der Waals surface area contributed by atoms with Crippen LogP contribution < -0.4 is 4.74 Å². The van der Waals surface area contributed by atoms with Gasteiger partial charge in [-0.2, -0.15) is 4.31 Å². The van der Waals surface area contributed by atoms with Gasteiger partial charge in [-0.3, -0.25) is 0 Å². The fourth-order valence-corrected chi connectivity index (χ4v) is 4.56. The molecule has 1 aromatic carbocycles. The quantitative estimate of drug-likeness (QED) is 0.850. The van der Waals surface area contributed by atoms with E-state index in [-0.39, 0.29) is 0 Å². The minimum atomic E-state index is -3.44. The summed E-state index contributed by atoms with van der Waals surface area (Å²) in [4.78, 5) is 2.55. The maximum absolute atomic E-state index is 12.9. The second-order valence-electron chi connectivity index (χ2n) is 5.68. The van der Waals surface area contributed by atoms with Gasteiger partial charge in [-0.1, -0.05) is 0 Å². The molecule has 0 atom stereocenters. The van der Waals surface area contributed by atoms with E-state index < -0.39 is 10.0 Å². The Morgan fingerprint density at radius 3 is 2.14 bits per heavy atom. The number of benzene rings is 1. The molecule has 1 aliphatic heterocycles. The maximum Gasteiger partial charge on any atom is 0.243 e. The van der Waals surface area contributed by atoms with Crippen molar-refractivity contribution in [3.63, 3.8) is 0 Å². The lowest BCUT2D eigenvalue weighted by Gasteiger charge is -2.32. The lowest BCUT2D eigenvalue weighted by atomic mass is 10.1. The lowest BCUT2D eigenvalue weighted by molar-refractivity contribution is 0.222. The number of nitrogens with zero attached hydrogens (tertiary/aromatic N) is 2. The van der Waals surface area contributed by atoms with Gasteiger partial charge >= 0.3 is 0 Å². The predicted molar refractivity (Wildman–Crippen MR) is 83.5 cm³/mol. The summed E-state index contributed by atoms with van der Waals surface area (Å²) in [7, 11) is 0.190. The number of likely N-dealkylation sites (N-methyl/N-ethyl adjacent to an activating group) is 1. The van der Waals surface area contributed by atoms with Crippen LogP contribution in [0.1, 0.15) is 16.7 Å². The Bertz CT molecular complexity index is 633. The molecule has 1 aromatic rings. The highest BCUT2D eigenvalue weighted by Gasteiger charge is 2.30. The molecule has 2 rings (SSSR count). The number of sulfonamides is 1. The molecule has 1 heterocycles. The third-order valence-electron chi connectivity index (χ3n) is 4.26. The highest BCUT2D eigenvalue weighted by Crippen LogP contribution is 2.32. The van der Waals surface area contributed by atoms with Crippen LogP contribution in [0.3, 0.4) is 0 Å². The minimum absolute atomic E-state index is 0.405. The molecule has 0 saturated carbocycles. The van der Waals surface area contributed by atoms with E-state index in [1.807, 2.05) is 27.8 Å². The van der Waals surface area contributed by atoms with Gasteiger partial charge in [-0.05, 0) is 50.6 Å². The molecule has 1 aliphatic rings. The summed E-state index contributed by atoms with van der Waals surface area (Å²) in [5.41, 5.74) is 2.52. The Labute approximate surface area is 127 Å². The summed E-state index contributed by atoms with van der Waals surface area (Å²) < 4.78 is 32.7. The first-order chi connectivity index (χ1) is 9.78. The number of piperazine rings is 1. The molecule has 0 spiro atoms. The van der Waals surface area contributed by atoms with Crippen LogP contribution in [0.25, 0.3) is 0 Å². The first-order valence-corrected chi connectivity index (χ1v) is 8.56. The van der Waals surface area contributed by atoms with Gasteiger partial charge in [0.15, 0.2) is 0 Å². The van der Waals surface area contributed by atoms with E-state index in [0.29, 0.717) is 18.0 Å². The number of hydrogen-bond donors (Lipinski definition) is 0. The Morgan fingerprint density at radius 2 is 1.62 bits per heavy atom. The first kappa shape index (κ1) is 16.3. The Hall–Kier alpha value is -1.11. The van der Waals surface area contributed by atoms with Crippen LogP contribution in [0.2, 0.25) is 0 Å². The zero-order chi connectivity index (χ0) is 15.8. The SMILES string of the molecule is COc1c(C)cc(S(=O)(=O)N2CCN(C)CC2)c(C)c1C. The molecule has 0 aromatic heterocycles. The second-order valence-corrected chi connectivity index (χ2v) is 7.59. The van der Waals surface area contributed by atoms with Gasteiger partial charge in [0.2, 0.25) is 10.0 Å². The molecule has 5 nitrogen and oxygen atoms in total. The van der Waals surface area contributed by atoms with Crippen LogP contribution in [0.4, 0.5) is 0 Å². The monoisotopic (exact) mass is 312 g/mol. The van der Waals surface area contributed by atoms with Crippen molar-refractivity contribution in [3.8, 4) is 5.75 Å². The molecule has 0 aliphatic carbocycles. The number of methoxy groups -OCH3 is 1. The fourth-order valence-electron chi connectivity index (χ4n) is 2.77. The maximum atomic E-state index is 12.9. The first-order valence-electron chi connectivity index (χ1n) is 7.12. The van der Waals surface area contributed by atoms with Gasteiger partial charge in [0.25, 0.3) is 0 Å². The van der Waals surface area contributed by atoms with E-state index in [9.17, 15) is 8.42 Å². The number of rotatable bonds is 3. The molecule has 1 fully saturated rings. The van der Waals surface area contributed by atoms with E-state index in [4.69, 9.17) is 4.74 Å². The van der Waals surface area contributed by atoms with Crippen molar-refractivity contribution in [2.75, 3.05) is 40.3 Å². The molecular formula is C15H24N2O3S. The molecule has 6 heteroatoms. The number of ether oxygens (including phenoxy) is 1. The number of hydrogen-bond acceptors (Lipinski definition) is 4. The zero-order valence-electron chi connectivity index (χ0n) is 13.4. The van der Waals surface area contributed by atoms with Crippen LogP contribution in [-0.4, -0.2) is 58.0 Å². The molecule has 0 radical (unpaired) electrons. The van der Waals surface area contributed by atoms with Crippen LogP contribution in [-0.2, 0) is 10.0 Å². The van der Waals surface area contributed by atoms with Crippen LogP contribution >= 0.6 is 0 Å². The normalized spacial score (nSPS) is 18.0. The molecular weight excluding hydrogens is 288 g/mol. The zero-order valence-corrected chi connectivity index (χ0v) is 14.2.